The molecule has 2 aromatic rings. The zero-order chi connectivity index (χ0) is 18.5. The fourth-order valence-electron chi connectivity index (χ4n) is 3.54. The number of ether oxygens (including phenoxy) is 2. The van der Waals surface area contributed by atoms with E-state index >= 15 is 0 Å². The van der Waals surface area contributed by atoms with Crippen LogP contribution in [0.25, 0.3) is 0 Å². The van der Waals surface area contributed by atoms with Crippen LogP contribution in [-0.4, -0.2) is 41.7 Å². The first kappa shape index (κ1) is 18.6. The summed E-state index contributed by atoms with van der Waals surface area (Å²) in [5, 5.41) is 0. The maximum Gasteiger partial charge on any atom is 0.251 e. The van der Waals surface area contributed by atoms with Gasteiger partial charge in [0.1, 0.15) is 11.6 Å². The van der Waals surface area contributed by atoms with E-state index in [0.717, 1.165) is 43.1 Å². The van der Waals surface area contributed by atoms with Gasteiger partial charge in [0, 0.05) is 37.2 Å². The van der Waals surface area contributed by atoms with Gasteiger partial charge in [0.25, 0.3) is 5.56 Å². The molecule has 1 aromatic carbocycles. The molecule has 6 heteroatoms. The van der Waals surface area contributed by atoms with Crippen LogP contribution in [-0.2, 0) is 17.9 Å². The molecule has 1 fully saturated rings. The molecule has 1 N–H and O–H groups in total. The highest BCUT2D eigenvalue weighted by molar-refractivity contribution is 5.37. The minimum absolute atomic E-state index is 0.0679. The summed E-state index contributed by atoms with van der Waals surface area (Å²) in [4.78, 5) is 21.3. The molecule has 1 saturated heterocycles. The van der Waals surface area contributed by atoms with Gasteiger partial charge in [-0.3, -0.25) is 9.69 Å². The molecule has 0 spiro atoms. The van der Waals surface area contributed by atoms with E-state index < -0.39 is 0 Å². The quantitative estimate of drug-likeness (QED) is 0.825. The summed E-state index contributed by atoms with van der Waals surface area (Å²) in [6.45, 7) is 7.87. The van der Waals surface area contributed by atoms with Crippen LogP contribution in [0.2, 0.25) is 0 Å². The number of methoxy groups -OCH3 is 1. The first-order chi connectivity index (χ1) is 12.6. The van der Waals surface area contributed by atoms with Crippen LogP contribution >= 0.6 is 0 Å². The van der Waals surface area contributed by atoms with Crippen molar-refractivity contribution >= 4 is 0 Å². The van der Waals surface area contributed by atoms with Crippen molar-refractivity contribution in [1.82, 2.24) is 14.9 Å². The van der Waals surface area contributed by atoms with E-state index in [0.29, 0.717) is 25.0 Å². The van der Waals surface area contributed by atoms with E-state index in [1.54, 1.807) is 13.2 Å². The Labute approximate surface area is 154 Å². The van der Waals surface area contributed by atoms with Gasteiger partial charge in [-0.15, -0.1) is 0 Å². The molecule has 140 valence electrons. The number of aromatic nitrogens is 2. The van der Waals surface area contributed by atoms with E-state index in [1.165, 1.54) is 5.56 Å². The number of H-pyrrole nitrogens is 1. The van der Waals surface area contributed by atoms with Crippen molar-refractivity contribution in [3.63, 3.8) is 0 Å². The normalized spacial score (nSPS) is 17.6. The lowest BCUT2D eigenvalue weighted by atomic mass is 10.0. The second-order valence-electron chi connectivity index (χ2n) is 6.76. The zero-order valence-corrected chi connectivity index (χ0v) is 15.7. The standard InChI is InChI=1S/C20H27N3O3/c1-4-26-13-17-9-15(5-6-19(17)25-3)11-23-8-7-16(12-23)18-10-20(24)22-14(2)21-18/h5-6,9-10,16H,4,7-8,11-13H2,1-3H3,(H,21,22,24)/t16-/m1/s1. The second kappa shape index (κ2) is 8.47. The molecule has 0 aliphatic carbocycles. The maximum atomic E-state index is 11.7. The number of rotatable bonds is 7. The van der Waals surface area contributed by atoms with Crippen molar-refractivity contribution in [2.75, 3.05) is 26.8 Å². The Morgan fingerprint density at radius 1 is 1.35 bits per heavy atom. The van der Waals surface area contributed by atoms with Gasteiger partial charge < -0.3 is 14.5 Å². The number of hydrogen-bond donors (Lipinski definition) is 1. The number of likely N-dealkylation sites (tertiary alicyclic amines) is 1. The molecule has 2 heterocycles. The Morgan fingerprint density at radius 3 is 2.92 bits per heavy atom. The SMILES string of the molecule is CCOCc1cc(CN2CC[C@@H](c3cc(=O)[nH]c(C)n3)C2)ccc1OC. The summed E-state index contributed by atoms with van der Waals surface area (Å²) >= 11 is 0. The van der Waals surface area contributed by atoms with Gasteiger partial charge in [0.05, 0.1) is 19.4 Å². The van der Waals surface area contributed by atoms with Crippen molar-refractivity contribution in [1.29, 1.82) is 0 Å². The predicted octanol–water partition coefficient (Wildman–Crippen LogP) is 2.61. The maximum absolute atomic E-state index is 11.7. The van der Waals surface area contributed by atoms with Crippen molar-refractivity contribution in [3.8, 4) is 5.75 Å². The molecule has 1 atom stereocenters. The number of hydrogen-bond acceptors (Lipinski definition) is 5. The van der Waals surface area contributed by atoms with Crippen molar-refractivity contribution < 1.29 is 9.47 Å². The molecule has 3 rings (SSSR count). The molecule has 1 aliphatic heterocycles. The van der Waals surface area contributed by atoms with Crippen LogP contribution in [0.5, 0.6) is 5.75 Å². The molecule has 0 amide bonds. The number of benzene rings is 1. The number of nitrogens with one attached hydrogen (secondary N) is 1. The smallest absolute Gasteiger partial charge is 0.251 e. The van der Waals surface area contributed by atoms with E-state index in [-0.39, 0.29) is 5.56 Å². The van der Waals surface area contributed by atoms with E-state index in [4.69, 9.17) is 9.47 Å². The summed E-state index contributed by atoms with van der Waals surface area (Å²) in [7, 11) is 1.69. The molecule has 0 saturated carbocycles. The number of aryl methyl sites for hydroxylation is 1. The Bertz CT molecular complexity index is 803. The summed E-state index contributed by atoms with van der Waals surface area (Å²) in [6, 6.07) is 7.92. The lowest BCUT2D eigenvalue weighted by Crippen LogP contribution is -2.21. The lowest BCUT2D eigenvalue weighted by Gasteiger charge is -2.17. The number of aromatic amines is 1. The molecule has 1 aliphatic rings. The molecule has 26 heavy (non-hydrogen) atoms. The number of nitrogens with zero attached hydrogens (tertiary/aromatic N) is 2. The first-order valence-electron chi connectivity index (χ1n) is 9.12. The third-order valence-corrected chi connectivity index (χ3v) is 4.78. The summed E-state index contributed by atoms with van der Waals surface area (Å²) in [5.74, 6) is 1.86. The first-order valence-corrected chi connectivity index (χ1v) is 9.12. The van der Waals surface area contributed by atoms with Crippen LogP contribution in [0.1, 0.15) is 41.9 Å². The fourth-order valence-corrected chi connectivity index (χ4v) is 3.54. The molecular formula is C20H27N3O3. The monoisotopic (exact) mass is 357 g/mol. The summed E-state index contributed by atoms with van der Waals surface area (Å²) in [5.41, 5.74) is 3.16. The molecule has 1 aromatic heterocycles. The van der Waals surface area contributed by atoms with Gasteiger partial charge in [0.15, 0.2) is 0 Å². The van der Waals surface area contributed by atoms with Gasteiger partial charge in [-0.25, -0.2) is 4.98 Å². The highest BCUT2D eigenvalue weighted by Gasteiger charge is 2.25. The third kappa shape index (κ3) is 4.51. The fraction of sp³-hybridized carbons (Fsp3) is 0.500. The van der Waals surface area contributed by atoms with Crippen molar-refractivity contribution in [3.05, 3.63) is 57.3 Å². The van der Waals surface area contributed by atoms with Crippen LogP contribution < -0.4 is 10.3 Å². The Balaban J connectivity index is 1.67. The van der Waals surface area contributed by atoms with Crippen LogP contribution in [0.4, 0.5) is 0 Å². The largest absolute Gasteiger partial charge is 0.496 e. The van der Waals surface area contributed by atoms with Crippen LogP contribution in [0, 0.1) is 6.92 Å². The average Bonchev–Trinajstić information content (AvgIpc) is 3.08. The van der Waals surface area contributed by atoms with E-state index in [2.05, 4.69) is 27.0 Å². The van der Waals surface area contributed by atoms with E-state index in [1.807, 2.05) is 19.9 Å². The third-order valence-electron chi connectivity index (χ3n) is 4.78. The minimum Gasteiger partial charge on any atom is -0.496 e. The Hall–Kier alpha value is -2.18. The second-order valence-corrected chi connectivity index (χ2v) is 6.76. The molecular weight excluding hydrogens is 330 g/mol. The van der Waals surface area contributed by atoms with Crippen LogP contribution in [0.3, 0.4) is 0 Å². The van der Waals surface area contributed by atoms with Gasteiger partial charge in [-0.2, -0.15) is 0 Å². The topological polar surface area (TPSA) is 67.5 Å². The summed E-state index contributed by atoms with van der Waals surface area (Å²) in [6.07, 6.45) is 1.03. The predicted molar refractivity (Wildman–Crippen MR) is 101 cm³/mol. The molecule has 0 bridgehead atoms. The Kier molecular flexibility index (Phi) is 6.06. The minimum atomic E-state index is -0.0679. The van der Waals surface area contributed by atoms with Gasteiger partial charge in [-0.1, -0.05) is 6.07 Å². The average molecular weight is 357 g/mol. The van der Waals surface area contributed by atoms with Gasteiger partial charge >= 0.3 is 0 Å². The Morgan fingerprint density at radius 2 is 2.19 bits per heavy atom. The summed E-state index contributed by atoms with van der Waals surface area (Å²) < 4.78 is 11.0. The van der Waals surface area contributed by atoms with Crippen molar-refractivity contribution in [2.45, 2.75) is 39.3 Å². The van der Waals surface area contributed by atoms with E-state index in [9.17, 15) is 4.79 Å². The molecule has 6 nitrogen and oxygen atoms in total. The highest BCUT2D eigenvalue weighted by Crippen LogP contribution is 2.28. The molecule has 0 unspecified atom stereocenters. The van der Waals surface area contributed by atoms with Gasteiger partial charge in [-0.05, 0) is 44.5 Å². The molecule has 0 radical (unpaired) electrons. The highest BCUT2D eigenvalue weighted by atomic mass is 16.5. The van der Waals surface area contributed by atoms with Gasteiger partial charge in [0.2, 0.25) is 0 Å². The van der Waals surface area contributed by atoms with Crippen molar-refractivity contribution in [2.24, 2.45) is 0 Å². The lowest BCUT2D eigenvalue weighted by molar-refractivity contribution is 0.132. The zero-order valence-electron chi connectivity index (χ0n) is 15.7. The van der Waals surface area contributed by atoms with Crippen LogP contribution in [0.15, 0.2) is 29.1 Å².